The van der Waals surface area contributed by atoms with Gasteiger partial charge in [-0.3, -0.25) is 0 Å². The molecule has 2 heteroatoms. The van der Waals surface area contributed by atoms with Crippen molar-refractivity contribution in [1.82, 2.24) is 9.78 Å². The fourth-order valence-electron chi connectivity index (χ4n) is 1.62. The van der Waals surface area contributed by atoms with E-state index in [2.05, 4.69) is 36.3 Å². The lowest BCUT2D eigenvalue weighted by atomic mass is 10.1. The molecule has 0 amide bonds. The molecule has 1 heterocycles. The largest absolute Gasteiger partial charge is 0.241 e. The van der Waals surface area contributed by atoms with Crippen molar-refractivity contribution in [1.29, 1.82) is 0 Å². The summed E-state index contributed by atoms with van der Waals surface area (Å²) in [5, 5.41) is 4.19. The standard InChI is InChI=1S/C13H16N2/c1-2-3-5-12-6-8-13(9-7-12)15-11-4-10-14-15/h4,6-11H,2-3,5H2,1H3. The molecule has 0 radical (unpaired) electrons. The fraction of sp³-hybridized carbons (Fsp3) is 0.308. The van der Waals surface area contributed by atoms with Crippen molar-refractivity contribution in [2.75, 3.05) is 0 Å². The molecule has 2 aromatic rings. The quantitative estimate of drug-likeness (QED) is 0.741. The molecule has 0 aliphatic heterocycles. The van der Waals surface area contributed by atoms with Crippen LogP contribution in [0.1, 0.15) is 25.3 Å². The Morgan fingerprint density at radius 3 is 2.60 bits per heavy atom. The minimum absolute atomic E-state index is 1.13. The van der Waals surface area contributed by atoms with E-state index in [0.717, 1.165) is 5.69 Å². The van der Waals surface area contributed by atoms with Crippen LogP contribution in [-0.4, -0.2) is 9.78 Å². The number of aryl methyl sites for hydroxylation is 1. The Morgan fingerprint density at radius 2 is 2.00 bits per heavy atom. The minimum atomic E-state index is 1.13. The molecule has 1 aromatic carbocycles. The van der Waals surface area contributed by atoms with Gasteiger partial charge in [0.25, 0.3) is 0 Å². The van der Waals surface area contributed by atoms with Crippen LogP contribution >= 0.6 is 0 Å². The molecule has 1 aromatic heterocycles. The van der Waals surface area contributed by atoms with Gasteiger partial charge in [0.15, 0.2) is 0 Å². The summed E-state index contributed by atoms with van der Waals surface area (Å²) in [4.78, 5) is 0. The smallest absolute Gasteiger partial charge is 0.0645 e. The molecule has 2 nitrogen and oxygen atoms in total. The lowest BCUT2D eigenvalue weighted by Gasteiger charge is -2.03. The van der Waals surface area contributed by atoms with Gasteiger partial charge in [0.1, 0.15) is 0 Å². The third-order valence-corrected chi connectivity index (χ3v) is 2.52. The summed E-state index contributed by atoms with van der Waals surface area (Å²) in [6.45, 7) is 2.22. The van der Waals surface area contributed by atoms with Crippen molar-refractivity contribution < 1.29 is 0 Å². The molecule has 0 saturated carbocycles. The van der Waals surface area contributed by atoms with Crippen LogP contribution in [0.4, 0.5) is 0 Å². The number of benzene rings is 1. The fourth-order valence-corrected chi connectivity index (χ4v) is 1.62. The molecule has 0 bridgehead atoms. The summed E-state index contributed by atoms with van der Waals surface area (Å²) >= 11 is 0. The minimum Gasteiger partial charge on any atom is -0.241 e. The highest BCUT2D eigenvalue weighted by Crippen LogP contribution is 2.10. The van der Waals surface area contributed by atoms with Crippen molar-refractivity contribution in [2.45, 2.75) is 26.2 Å². The Labute approximate surface area is 90.6 Å². The number of aromatic nitrogens is 2. The van der Waals surface area contributed by atoms with Crippen LogP contribution in [0.3, 0.4) is 0 Å². The maximum Gasteiger partial charge on any atom is 0.0645 e. The van der Waals surface area contributed by atoms with Gasteiger partial charge in [-0.05, 0) is 36.6 Å². The van der Waals surface area contributed by atoms with Gasteiger partial charge in [-0.25, -0.2) is 4.68 Å². The first-order chi connectivity index (χ1) is 7.40. The van der Waals surface area contributed by atoms with E-state index >= 15 is 0 Å². The van der Waals surface area contributed by atoms with Crippen LogP contribution in [0.5, 0.6) is 0 Å². The monoisotopic (exact) mass is 200 g/mol. The first-order valence-electron chi connectivity index (χ1n) is 5.49. The second kappa shape index (κ2) is 4.78. The Kier molecular flexibility index (Phi) is 3.18. The van der Waals surface area contributed by atoms with Crippen molar-refractivity contribution in [3.63, 3.8) is 0 Å². The molecule has 0 aliphatic carbocycles. The SMILES string of the molecule is CCCCc1ccc(-n2cccn2)cc1. The zero-order chi connectivity index (χ0) is 10.5. The molecule has 0 N–H and O–H groups in total. The van der Waals surface area contributed by atoms with E-state index in [1.54, 1.807) is 6.20 Å². The van der Waals surface area contributed by atoms with E-state index in [1.807, 2.05) is 16.9 Å². The van der Waals surface area contributed by atoms with E-state index in [0.29, 0.717) is 0 Å². The zero-order valence-electron chi connectivity index (χ0n) is 9.06. The van der Waals surface area contributed by atoms with Gasteiger partial charge in [0, 0.05) is 12.4 Å². The molecule has 0 aliphatic rings. The Morgan fingerprint density at radius 1 is 1.20 bits per heavy atom. The van der Waals surface area contributed by atoms with Crippen LogP contribution in [-0.2, 0) is 6.42 Å². The zero-order valence-corrected chi connectivity index (χ0v) is 9.06. The molecule has 78 valence electrons. The number of hydrogen-bond acceptors (Lipinski definition) is 1. The molecule has 0 saturated heterocycles. The van der Waals surface area contributed by atoms with E-state index in [4.69, 9.17) is 0 Å². The van der Waals surface area contributed by atoms with Gasteiger partial charge >= 0.3 is 0 Å². The van der Waals surface area contributed by atoms with Crippen LogP contribution in [0.15, 0.2) is 42.7 Å². The summed E-state index contributed by atoms with van der Waals surface area (Å²) in [6, 6.07) is 10.6. The maximum atomic E-state index is 4.19. The summed E-state index contributed by atoms with van der Waals surface area (Å²) < 4.78 is 1.88. The van der Waals surface area contributed by atoms with Gasteiger partial charge in [-0.1, -0.05) is 25.5 Å². The molecular formula is C13H16N2. The van der Waals surface area contributed by atoms with Gasteiger partial charge in [-0.2, -0.15) is 5.10 Å². The van der Waals surface area contributed by atoms with Crippen molar-refractivity contribution >= 4 is 0 Å². The van der Waals surface area contributed by atoms with Crippen molar-refractivity contribution in [3.8, 4) is 5.69 Å². The molecule has 2 rings (SSSR count). The predicted octanol–water partition coefficient (Wildman–Crippen LogP) is 3.21. The highest BCUT2D eigenvalue weighted by Gasteiger charge is 1.96. The van der Waals surface area contributed by atoms with Crippen LogP contribution in [0.25, 0.3) is 5.69 Å². The van der Waals surface area contributed by atoms with Crippen LogP contribution < -0.4 is 0 Å². The lowest BCUT2D eigenvalue weighted by Crippen LogP contribution is -1.94. The van der Waals surface area contributed by atoms with Gasteiger partial charge in [0.2, 0.25) is 0 Å². The third kappa shape index (κ3) is 2.46. The molecular weight excluding hydrogens is 184 g/mol. The molecule has 15 heavy (non-hydrogen) atoms. The van der Waals surface area contributed by atoms with Gasteiger partial charge in [0.05, 0.1) is 5.69 Å². The summed E-state index contributed by atoms with van der Waals surface area (Å²) in [5.41, 5.74) is 2.54. The number of rotatable bonds is 4. The van der Waals surface area contributed by atoms with Crippen LogP contribution in [0, 0.1) is 0 Å². The van der Waals surface area contributed by atoms with Crippen LogP contribution in [0.2, 0.25) is 0 Å². The second-order valence-corrected chi connectivity index (χ2v) is 3.72. The molecule has 0 fully saturated rings. The molecule has 0 unspecified atom stereocenters. The average Bonchev–Trinajstić information content (AvgIpc) is 2.80. The lowest BCUT2D eigenvalue weighted by molar-refractivity contribution is 0.794. The summed E-state index contributed by atoms with van der Waals surface area (Å²) in [7, 11) is 0. The summed E-state index contributed by atoms with van der Waals surface area (Å²) in [6.07, 6.45) is 7.45. The summed E-state index contributed by atoms with van der Waals surface area (Å²) in [5.74, 6) is 0. The molecule has 0 spiro atoms. The average molecular weight is 200 g/mol. The first kappa shape index (κ1) is 9.97. The van der Waals surface area contributed by atoms with E-state index in [-0.39, 0.29) is 0 Å². The topological polar surface area (TPSA) is 17.8 Å². The normalized spacial score (nSPS) is 10.5. The van der Waals surface area contributed by atoms with Gasteiger partial charge in [-0.15, -0.1) is 0 Å². The highest BCUT2D eigenvalue weighted by molar-refractivity contribution is 5.33. The molecule has 0 atom stereocenters. The maximum absolute atomic E-state index is 4.19. The second-order valence-electron chi connectivity index (χ2n) is 3.72. The number of unbranched alkanes of at least 4 members (excludes halogenated alkanes) is 1. The Hall–Kier alpha value is -1.57. The van der Waals surface area contributed by atoms with E-state index in [1.165, 1.54) is 24.8 Å². The highest BCUT2D eigenvalue weighted by atomic mass is 15.3. The van der Waals surface area contributed by atoms with Crippen molar-refractivity contribution in [3.05, 3.63) is 48.3 Å². The van der Waals surface area contributed by atoms with E-state index < -0.39 is 0 Å². The number of hydrogen-bond donors (Lipinski definition) is 0. The predicted molar refractivity (Wildman–Crippen MR) is 62.2 cm³/mol. The first-order valence-corrected chi connectivity index (χ1v) is 5.49. The number of nitrogens with zero attached hydrogens (tertiary/aromatic N) is 2. The third-order valence-electron chi connectivity index (χ3n) is 2.52. The van der Waals surface area contributed by atoms with Gasteiger partial charge < -0.3 is 0 Å². The Bertz CT molecular complexity index is 387. The Balaban J connectivity index is 2.11. The van der Waals surface area contributed by atoms with Crippen molar-refractivity contribution in [2.24, 2.45) is 0 Å². The van der Waals surface area contributed by atoms with E-state index in [9.17, 15) is 0 Å².